The Bertz CT molecular complexity index is 985. The lowest BCUT2D eigenvalue weighted by Crippen LogP contribution is -2.28. The van der Waals surface area contributed by atoms with Crippen LogP contribution in [0.15, 0.2) is 41.3 Å². The first-order valence-electron chi connectivity index (χ1n) is 8.65. The third-order valence-electron chi connectivity index (χ3n) is 4.43. The number of pyridine rings is 1. The average Bonchev–Trinajstić information content (AvgIpc) is 3.03. The molecule has 6 nitrogen and oxygen atoms in total. The minimum Gasteiger partial charge on any atom is -0.497 e. The topological polar surface area (TPSA) is 87.0 Å². The normalized spacial score (nSPS) is 11.1. The van der Waals surface area contributed by atoms with E-state index in [0.717, 1.165) is 22.2 Å². The van der Waals surface area contributed by atoms with E-state index in [2.05, 4.69) is 15.3 Å². The predicted molar refractivity (Wildman–Crippen MR) is 102 cm³/mol. The number of aromatic nitrogens is 2. The molecule has 3 rings (SSSR count). The van der Waals surface area contributed by atoms with Crippen molar-refractivity contribution in [1.29, 1.82) is 0 Å². The Morgan fingerprint density at radius 1 is 1.23 bits per heavy atom. The van der Waals surface area contributed by atoms with E-state index in [1.165, 1.54) is 6.07 Å². The van der Waals surface area contributed by atoms with Crippen LogP contribution in [0.2, 0.25) is 0 Å². The highest BCUT2D eigenvalue weighted by molar-refractivity contribution is 5.95. The zero-order valence-corrected chi connectivity index (χ0v) is 15.2. The highest BCUT2D eigenvalue weighted by Crippen LogP contribution is 2.23. The molecule has 3 N–H and O–H groups in total. The summed E-state index contributed by atoms with van der Waals surface area (Å²) in [5, 5.41) is 4.03. The number of methoxy groups -OCH3 is 1. The molecule has 0 saturated carbocycles. The summed E-state index contributed by atoms with van der Waals surface area (Å²) in [6, 6.07) is 8.84. The number of ether oxygens (including phenoxy) is 1. The van der Waals surface area contributed by atoms with Gasteiger partial charge < -0.3 is 20.0 Å². The summed E-state index contributed by atoms with van der Waals surface area (Å²) in [5.74, 6) is 0.685. The van der Waals surface area contributed by atoms with Crippen LogP contribution in [0.1, 0.15) is 41.4 Å². The number of fused-ring (bicyclic) bond motifs is 1. The summed E-state index contributed by atoms with van der Waals surface area (Å²) in [4.78, 5) is 30.0. The molecule has 6 heteroatoms. The van der Waals surface area contributed by atoms with Gasteiger partial charge in [0.15, 0.2) is 0 Å². The second-order valence-electron chi connectivity index (χ2n) is 6.54. The second kappa shape index (κ2) is 7.47. The van der Waals surface area contributed by atoms with E-state index in [-0.39, 0.29) is 17.4 Å². The van der Waals surface area contributed by atoms with Gasteiger partial charge >= 0.3 is 0 Å². The molecule has 0 radical (unpaired) electrons. The van der Waals surface area contributed by atoms with E-state index in [1.807, 2.05) is 38.2 Å². The lowest BCUT2D eigenvalue weighted by Gasteiger charge is -2.12. The van der Waals surface area contributed by atoms with Crippen molar-refractivity contribution in [2.24, 2.45) is 0 Å². The van der Waals surface area contributed by atoms with Gasteiger partial charge in [0.05, 0.1) is 12.7 Å². The van der Waals surface area contributed by atoms with E-state index in [1.54, 1.807) is 13.2 Å². The standard InChI is InChI=1S/C20H23N3O3/c1-12(2)19-15(5-7-18(24)23-19)20(25)21-9-8-13-11-22-17-6-4-14(26-3)10-16(13)17/h4-7,10-12,22H,8-9H2,1-3H3,(H,21,25)(H,23,24). The van der Waals surface area contributed by atoms with Crippen LogP contribution >= 0.6 is 0 Å². The minimum absolute atomic E-state index is 0.0609. The highest BCUT2D eigenvalue weighted by Gasteiger charge is 2.14. The summed E-state index contributed by atoms with van der Waals surface area (Å²) in [5.41, 5.74) is 3.13. The molecule has 1 aromatic carbocycles. The van der Waals surface area contributed by atoms with Gasteiger partial charge in [0.1, 0.15) is 5.75 Å². The van der Waals surface area contributed by atoms with Gasteiger partial charge in [-0.15, -0.1) is 0 Å². The fourth-order valence-electron chi connectivity index (χ4n) is 3.04. The number of rotatable bonds is 6. The van der Waals surface area contributed by atoms with Crippen molar-refractivity contribution in [2.45, 2.75) is 26.2 Å². The molecule has 0 aliphatic carbocycles. The molecule has 26 heavy (non-hydrogen) atoms. The van der Waals surface area contributed by atoms with Crippen LogP contribution in [0, 0.1) is 0 Å². The van der Waals surface area contributed by atoms with Crippen molar-refractivity contribution >= 4 is 16.8 Å². The number of H-pyrrole nitrogens is 2. The Hall–Kier alpha value is -3.02. The Morgan fingerprint density at radius 3 is 2.77 bits per heavy atom. The number of nitrogens with one attached hydrogen (secondary N) is 3. The molecular formula is C20H23N3O3. The maximum Gasteiger partial charge on any atom is 0.253 e. The van der Waals surface area contributed by atoms with Gasteiger partial charge in [0.2, 0.25) is 5.56 Å². The maximum absolute atomic E-state index is 12.5. The van der Waals surface area contributed by atoms with Crippen LogP contribution in [-0.2, 0) is 6.42 Å². The summed E-state index contributed by atoms with van der Waals surface area (Å²) >= 11 is 0. The molecule has 0 fully saturated rings. The van der Waals surface area contributed by atoms with E-state index in [4.69, 9.17) is 4.74 Å². The number of amides is 1. The van der Waals surface area contributed by atoms with Crippen molar-refractivity contribution < 1.29 is 9.53 Å². The van der Waals surface area contributed by atoms with E-state index < -0.39 is 0 Å². The lowest BCUT2D eigenvalue weighted by molar-refractivity contribution is 0.0952. The van der Waals surface area contributed by atoms with Gasteiger partial charge in [0.25, 0.3) is 5.91 Å². The molecule has 3 aromatic rings. The fraction of sp³-hybridized carbons (Fsp3) is 0.300. The number of hydrogen-bond donors (Lipinski definition) is 3. The van der Waals surface area contributed by atoms with Crippen LogP contribution in [-0.4, -0.2) is 29.5 Å². The Balaban J connectivity index is 1.71. The van der Waals surface area contributed by atoms with E-state index in [9.17, 15) is 9.59 Å². The van der Waals surface area contributed by atoms with Gasteiger partial charge in [0, 0.05) is 35.4 Å². The SMILES string of the molecule is COc1ccc2[nH]cc(CCNC(=O)c3ccc(=O)[nH]c3C(C)C)c2c1. The summed E-state index contributed by atoms with van der Waals surface area (Å²) in [7, 11) is 1.64. The molecule has 2 heterocycles. The average molecular weight is 353 g/mol. The quantitative estimate of drug-likeness (QED) is 0.637. The zero-order valence-electron chi connectivity index (χ0n) is 15.2. The van der Waals surface area contributed by atoms with Crippen molar-refractivity contribution in [3.63, 3.8) is 0 Å². The van der Waals surface area contributed by atoms with Gasteiger partial charge in [-0.1, -0.05) is 13.8 Å². The first-order valence-corrected chi connectivity index (χ1v) is 8.65. The number of benzene rings is 1. The molecule has 0 bridgehead atoms. The summed E-state index contributed by atoms with van der Waals surface area (Å²) in [6.45, 7) is 4.39. The van der Waals surface area contributed by atoms with Crippen LogP contribution in [0.5, 0.6) is 5.75 Å². The number of aromatic amines is 2. The third-order valence-corrected chi connectivity index (χ3v) is 4.43. The van der Waals surface area contributed by atoms with Crippen LogP contribution in [0.25, 0.3) is 10.9 Å². The van der Waals surface area contributed by atoms with Gasteiger partial charge in [-0.2, -0.15) is 0 Å². The molecule has 0 aliphatic heterocycles. The molecule has 0 atom stereocenters. The van der Waals surface area contributed by atoms with Crippen molar-refractivity contribution in [3.8, 4) is 5.75 Å². The smallest absolute Gasteiger partial charge is 0.253 e. The van der Waals surface area contributed by atoms with Crippen molar-refractivity contribution in [3.05, 3.63) is 63.7 Å². The van der Waals surface area contributed by atoms with Crippen LogP contribution in [0.4, 0.5) is 0 Å². The molecular weight excluding hydrogens is 330 g/mol. The molecule has 2 aromatic heterocycles. The first-order chi connectivity index (χ1) is 12.5. The molecule has 0 spiro atoms. The van der Waals surface area contributed by atoms with E-state index >= 15 is 0 Å². The molecule has 136 valence electrons. The number of carbonyl (C=O) groups is 1. The van der Waals surface area contributed by atoms with Crippen molar-refractivity contribution in [1.82, 2.24) is 15.3 Å². The van der Waals surface area contributed by atoms with Crippen LogP contribution < -0.4 is 15.6 Å². The van der Waals surface area contributed by atoms with E-state index in [0.29, 0.717) is 24.2 Å². The Morgan fingerprint density at radius 2 is 2.04 bits per heavy atom. The molecule has 0 saturated heterocycles. The fourth-order valence-corrected chi connectivity index (χ4v) is 3.04. The zero-order chi connectivity index (χ0) is 18.7. The molecule has 0 unspecified atom stereocenters. The third kappa shape index (κ3) is 3.64. The minimum atomic E-state index is -0.196. The monoisotopic (exact) mass is 353 g/mol. The number of hydrogen-bond acceptors (Lipinski definition) is 3. The maximum atomic E-state index is 12.5. The van der Waals surface area contributed by atoms with Crippen molar-refractivity contribution in [2.75, 3.05) is 13.7 Å². The van der Waals surface area contributed by atoms with Gasteiger partial charge in [-0.3, -0.25) is 9.59 Å². The van der Waals surface area contributed by atoms with Crippen LogP contribution in [0.3, 0.4) is 0 Å². The summed E-state index contributed by atoms with van der Waals surface area (Å²) in [6.07, 6.45) is 2.65. The lowest BCUT2D eigenvalue weighted by atomic mass is 10.0. The van der Waals surface area contributed by atoms with Gasteiger partial charge in [-0.25, -0.2) is 0 Å². The largest absolute Gasteiger partial charge is 0.497 e. The van der Waals surface area contributed by atoms with Gasteiger partial charge in [-0.05, 0) is 42.2 Å². The summed E-state index contributed by atoms with van der Waals surface area (Å²) < 4.78 is 5.28. The number of carbonyl (C=O) groups excluding carboxylic acids is 1. The highest BCUT2D eigenvalue weighted by atomic mass is 16.5. The first kappa shape index (κ1) is 17.8. The molecule has 0 aliphatic rings. The molecule has 1 amide bonds. The second-order valence-corrected chi connectivity index (χ2v) is 6.54. The predicted octanol–water partition coefficient (Wildman–Crippen LogP) is 2.96. The Kier molecular flexibility index (Phi) is 5.11. The Labute approximate surface area is 151 Å².